The maximum absolute atomic E-state index is 4.88. The average Bonchev–Trinajstić information content (AvgIpc) is 3.07. The summed E-state index contributed by atoms with van der Waals surface area (Å²) in [5, 5.41) is 9.26. The zero-order chi connectivity index (χ0) is 16.8. The Balaban J connectivity index is 0.00000225. The van der Waals surface area contributed by atoms with E-state index in [1.54, 1.807) is 0 Å². The average molecular weight is 419 g/mol. The summed E-state index contributed by atoms with van der Waals surface area (Å²) in [5.74, 6) is 3.27. The first kappa shape index (κ1) is 21.3. The zero-order valence-electron chi connectivity index (χ0n) is 15.5. The molecule has 2 saturated carbocycles. The van der Waals surface area contributed by atoms with Gasteiger partial charge in [0.1, 0.15) is 11.6 Å². The smallest absolute Gasteiger partial charge is 0.136 e. The van der Waals surface area contributed by atoms with Crippen molar-refractivity contribution in [3.8, 4) is 0 Å². The molecule has 8 heteroatoms. The van der Waals surface area contributed by atoms with Crippen LogP contribution in [0.1, 0.15) is 88.2 Å². The summed E-state index contributed by atoms with van der Waals surface area (Å²) in [5.41, 5.74) is 0. The van der Waals surface area contributed by atoms with Crippen LogP contribution in [0.3, 0.4) is 0 Å². The van der Waals surface area contributed by atoms with Crippen LogP contribution in [-0.2, 0) is 35.2 Å². The van der Waals surface area contributed by atoms with Gasteiger partial charge in [-0.05, 0) is 26.2 Å². The molecule has 0 spiro atoms. The molecule has 0 aliphatic heterocycles. The van der Waals surface area contributed by atoms with E-state index in [0.29, 0.717) is 11.8 Å². The minimum absolute atomic E-state index is 0. The molecule has 2 atom stereocenters. The van der Waals surface area contributed by atoms with Crippen molar-refractivity contribution in [2.24, 2.45) is 0 Å². The molecule has 1 aromatic heterocycles. The maximum atomic E-state index is 4.88. The number of nitrogens with zero attached hydrogens (tertiary/aromatic N) is 4. The third-order valence-electron chi connectivity index (χ3n) is 5.43. The molecule has 0 radical (unpaired) electrons. The molecule has 1 aromatic rings. The third kappa shape index (κ3) is 5.26. The van der Waals surface area contributed by atoms with Gasteiger partial charge in [0, 0.05) is 37.9 Å². The summed E-state index contributed by atoms with van der Waals surface area (Å²) in [7, 11) is 1.50. The van der Waals surface area contributed by atoms with Gasteiger partial charge in [-0.1, -0.05) is 50.8 Å². The third-order valence-corrected chi connectivity index (χ3v) is 5.99. The summed E-state index contributed by atoms with van der Waals surface area (Å²) >= 11 is 1.05. The Morgan fingerprint density at radius 2 is 1.72 bits per heavy atom. The summed E-state index contributed by atoms with van der Waals surface area (Å²) in [6.45, 7) is 3.15. The molecule has 0 aromatic carbocycles. The first-order chi connectivity index (χ1) is 11.8. The van der Waals surface area contributed by atoms with Gasteiger partial charge in [-0.3, -0.25) is 0 Å². The first-order valence-corrected chi connectivity index (χ1v) is 10.0. The van der Waals surface area contributed by atoms with Crippen molar-refractivity contribution in [1.82, 2.24) is 14.8 Å². The molecule has 2 aliphatic rings. The van der Waals surface area contributed by atoms with Gasteiger partial charge in [0.2, 0.25) is 0 Å². The van der Waals surface area contributed by atoms with Gasteiger partial charge in [-0.2, -0.15) is 4.33 Å². The van der Waals surface area contributed by atoms with E-state index < -0.39 is 0 Å². The van der Waals surface area contributed by atoms with E-state index >= 15 is 0 Å². The molecule has 138 valence electrons. The largest absolute Gasteiger partial charge is 0.575 e. The van der Waals surface area contributed by atoms with Crippen LogP contribution in [0.25, 0.3) is 4.72 Å². The molecule has 2 aliphatic carbocycles. The standard InChI is InChI=1S/C17H29N4O2S.Zn/c1-3-21-16(13-9-5-4-6-10-13)18-19-17(21)14-11-7-8-12-15(14)20-24-23-22-2;/h13-15H,3-12H2,1-2H3;/q-1;. The molecule has 6 nitrogen and oxygen atoms in total. The van der Waals surface area contributed by atoms with Crippen molar-refractivity contribution < 1.29 is 28.7 Å². The summed E-state index contributed by atoms with van der Waals surface area (Å²) in [6.07, 6.45) is 11.2. The van der Waals surface area contributed by atoms with Crippen molar-refractivity contribution in [3.05, 3.63) is 16.4 Å². The van der Waals surface area contributed by atoms with Crippen LogP contribution >= 0.6 is 12.2 Å². The van der Waals surface area contributed by atoms with Crippen molar-refractivity contribution in [1.29, 1.82) is 0 Å². The second-order valence-corrected chi connectivity index (χ2v) is 7.36. The molecule has 25 heavy (non-hydrogen) atoms. The Kier molecular flexibility index (Phi) is 9.35. The minimum Gasteiger partial charge on any atom is -0.575 e. The van der Waals surface area contributed by atoms with E-state index in [9.17, 15) is 0 Å². The van der Waals surface area contributed by atoms with Gasteiger partial charge in [0.05, 0.1) is 7.11 Å². The Hall–Kier alpha value is -0.00662. The predicted molar refractivity (Wildman–Crippen MR) is 95.6 cm³/mol. The maximum Gasteiger partial charge on any atom is 0.136 e. The van der Waals surface area contributed by atoms with E-state index in [4.69, 9.17) is 4.33 Å². The minimum atomic E-state index is 0. The summed E-state index contributed by atoms with van der Waals surface area (Å²) < 4.78 is 11.9. The predicted octanol–water partition coefficient (Wildman–Crippen LogP) is 4.88. The van der Waals surface area contributed by atoms with Crippen molar-refractivity contribution >= 4 is 12.2 Å². The van der Waals surface area contributed by atoms with Crippen LogP contribution in [-0.4, -0.2) is 27.9 Å². The molecule has 2 fully saturated rings. The van der Waals surface area contributed by atoms with Crippen LogP contribution in [0.5, 0.6) is 0 Å². The second-order valence-electron chi connectivity index (χ2n) is 6.87. The van der Waals surface area contributed by atoms with Crippen LogP contribution in [0.15, 0.2) is 0 Å². The van der Waals surface area contributed by atoms with E-state index in [1.807, 2.05) is 0 Å². The fraction of sp³-hybridized carbons (Fsp3) is 0.882. The van der Waals surface area contributed by atoms with Crippen LogP contribution < -0.4 is 0 Å². The van der Waals surface area contributed by atoms with Gasteiger partial charge in [-0.25, -0.2) is 4.89 Å². The molecule has 2 unspecified atom stereocenters. The molecule has 0 bridgehead atoms. The van der Waals surface area contributed by atoms with Gasteiger partial charge < -0.3 is 9.29 Å². The van der Waals surface area contributed by atoms with Gasteiger partial charge in [0.25, 0.3) is 0 Å². The van der Waals surface area contributed by atoms with Crippen molar-refractivity contribution in [2.75, 3.05) is 7.11 Å². The SMILES string of the molecule is CCn1c(C2CCCCC2)nnc1C1CCCCC1[N-]SOOC.[Zn]. The zero-order valence-corrected chi connectivity index (χ0v) is 19.3. The molecular weight excluding hydrogens is 390 g/mol. The topological polar surface area (TPSA) is 63.3 Å². The monoisotopic (exact) mass is 417 g/mol. The van der Waals surface area contributed by atoms with Crippen LogP contribution in [0, 0.1) is 0 Å². The van der Waals surface area contributed by atoms with E-state index in [0.717, 1.165) is 37.4 Å². The molecular formula is C17H29N4O2SZn-. The Morgan fingerprint density at radius 1 is 1.04 bits per heavy atom. The first-order valence-electron chi connectivity index (χ1n) is 9.34. The number of hydrogen-bond donors (Lipinski definition) is 0. The van der Waals surface area contributed by atoms with Crippen molar-refractivity contribution in [3.63, 3.8) is 0 Å². The molecule has 3 rings (SSSR count). The fourth-order valence-electron chi connectivity index (χ4n) is 4.23. The van der Waals surface area contributed by atoms with Gasteiger partial charge in [0.15, 0.2) is 0 Å². The van der Waals surface area contributed by atoms with Crippen molar-refractivity contribution in [2.45, 2.75) is 89.1 Å². The fourth-order valence-corrected chi connectivity index (χ4v) is 4.69. The number of rotatable bonds is 7. The van der Waals surface area contributed by atoms with Crippen LogP contribution in [0.2, 0.25) is 0 Å². The normalized spacial score (nSPS) is 24.9. The quantitative estimate of drug-likeness (QED) is 0.158. The number of hydrogen-bond acceptors (Lipinski definition) is 5. The summed E-state index contributed by atoms with van der Waals surface area (Å²) in [4.78, 5) is 4.64. The van der Waals surface area contributed by atoms with E-state index in [-0.39, 0.29) is 25.5 Å². The molecule has 0 N–H and O–H groups in total. The van der Waals surface area contributed by atoms with E-state index in [1.165, 1.54) is 57.9 Å². The van der Waals surface area contributed by atoms with Crippen LogP contribution in [0.4, 0.5) is 0 Å². The van der Waals surface area contributed by atoms with Gasteiger partial charge >= 0.3 is 0 Å². The molecule has 0 saturated heterocycles. The Labute approximate surface area is 168 Å². The number of aromatic nitrogens is 3. The Morgan fingerprint density at radius 3 is 2.44 bits per heavy atom. The Bertz CT molecular complexity index is 511. The second kappa shape index (κ2) is 11.0. The summed E-state index contributed by atoms with van der Waals surface area (Å²) in [6, 6.07) is 0.229. The van der Waals surface area contributed by atoms with E-state index in [2.05, 4.69) is 31.3 Å². The van der Waals surface area contributed by atoms with Gasteiger partial charge in [-0.15, -0.1) is 16.2 Å². The molecule has 1 heterocycles. The molecule has 0 amide bonds.